The number of rotatable bonds is 8. The Morgan fingerprint density at radius 3 is 2.70 bits per heavy atom. The molecule has 1 rings (SSSR count). The Morgan fingerprint density at radius 2 is 2.05 bits per heavy atom. The Balaban J connectivity index is 2.83. The van der Waals surface area contributed by atoms with E-state index in [4.69, 9.17) is 10.5 Å². The van der Waals surface area contributed by atoms with Gasteiger partial charge in [-0.3, -0.25) is 4.79 Å². The summed E-state index contributed by atoms with van der Waals surface area (Å²) in [6, 6.07) is 6.17. The summed E-state index contributed by atoms with van der Waals surface area (Å²) in [6.45, 7) is 2.36. The van der Waals surface area contributed by atoms with E-state index in [1.165, 1.54) is 12.1 Å². The number of benzene rings is 1. The molecule has 7 nitrogen and oxygen atoms in total. The van der Waals surface area contributed by atoms with Crippen LogP contribution in [0, 0.1) is 0 Å². The average molecular weight is 301 g/mol. The number of nitrogens with two attached hydrogens (primary N) is 1. The van der Waals surface area contributed by atoms with Crippen LogP contribution < -0.4 is 15.8 Å². The van der Waals surface area contributed by atoms with Crippen molar-refractivity contribution in [2.45, 2.75) is 11.8 Å². The molecule has 0 saturated heterocycles. The molecule has 0 radical (unpaired) electrons. The number of anilines is 1. The third-order valence-electron chi connectivity index (χ3n) is 2.28. The van der Waals surface area contributed by atoms with Crippen molar-refractivity contribution >= 4 is 21.6 Å². The molecule has 20 heavy (non-hydrogen) atoms. The van der Waals surface area contributed by atoms with E-state index in [1.54, 1.807) is 19.1 Å². The topological polar surface area (TPSA) is 111 Å². The average Bonchev–Trinajstić information content (AvgIpc) is 2.39. The van der Waals surface area contributed by atoms with E-state index in [-0.39, 0.29) is 30.3 Å². The van der Waals surface area contributed by atoms with Crippen molar-refractivity contribution in [3.05, 3.63) is 24.3 Å². The SMILES string of the molecule is CCNS(=O)(=O)c1ccccc1NC(=O)COCCN. The highest BCUT2D eigenvalue weighted by molar-refractivity contribution is 7.89. The van der Waals surface area contributed by atoms with Crippen molar-refractivity contribution in [3.63, 3.8) is 0 Å². The molecule has 1 aromatic carbocycles. The van der Waals surface area contributed by atoms with Gasteiger partial charge in [0.2, 0.25) is 15.9 Å². The predicted molar refractivity (Wildman–Crippen MR) is 75.8 cm³/mol. The maximum absolute atomic E-state index is 12.0. The number of carbonyl (C=O) groups excluding carboxylic acids is 1. The second-order valence-electron chi connectivity index (χ2n) is 3.89. The highest BCUT2D eigenvalue weighted by Crippen LogP contribution is 2.20. The van der Waals surface area contributed by atoms with Gasteiger partial charge in [0, 0.05) is 13.1 Å². The van der Waals surface area contributed by atoms with Gasteiger partial charge in [-0.1, -0.05) is 19.1 Å². The second kappa shape index (κ2) is 7.95. The molecule has 1 amide bonds. The fourth-order valence-electron chi connectivity index (χ4n) is 1.51. The Hall–Kier alpha value is -1.48. The van der Waals surface area contributed by atoms with Crippen LogP contribution in [0.15, 0.2) is 29.2 Å². The van der Waals surface area contributed by atoms with Crippen LogP contribution in [0.2, 0.25) is 0 Å². The van der Waals surface area contributed by atoms with Gasteiger partial charge in [-0.05, 0) is 12.1 Å². The van der Waals surface area contributed by atoms with Gasteiger partial charge in [-0.2, -0.15) is 0 Å². The molecule has 0 aliphatic rings. The number of amides is 1. The minimum absolute atomic E-state index is 0.0222. The number of nitrogens with one attached hydrogen (secondary N) is 2. The number of sulfonamides is 1. The van der Waals surface area contributed by atoms with E-state index in [0.29, 0.717) is 6.54 Å². The fourth-order valence-corrected chi connectivity index (χ4v) is 2.71. The standard InChI is InChI=1S/C12H19N3O4S/c1-2-14-20(17,18)11-6-4-3-5-10(11)15-12(16)9-19-8-7-13/h3-6,14H,2,7-9,13H2,1H3,(H,15,16). The van der Waals surface area contributed by atoms with E-state index in [9.17, 15) is 13.2 Å². The third kappa shape index (κ3) is 4.89. The number of carbonyl (C=O) groups is 1. The highest BCUT2D eigenvalue weighted by atomic mass is 32.2. The van der Waals surface area contributed by atoms with Crippen molar-refractivity contribution in [3.8, 4) is 0 Å². The normalized spacial score (nSPS) is 11.3. The summed E-state index contributed by atoms with van der Waals surface area (Å²) >= 11 is 0. The van der Waals surface area contributed by atoms with Crippen molar-refractivity contribution in [1.29, 1.82) is 0 Å². The van der Waals surface area contributed by atoms with Crippen molar-refractivity contribution in [2.24, 2.45) is 5.73 Å². The minimum Gasteiger partial charge on any atom is -0.370 e. The summed E-state index contributed by atoms with van der Waals surface area (Å²) in [4.78, 5) is 11.7. The number of ether oxygens (including phenoxy) is 1. The minimum atomic E-state index is -3.64. The van der Waals surface area contributed by atoms with E-state index in [1.807, 2.05) is 0 Å². The van der Waals surface area contributed by atoms with E-state index >= 15 is 0 Å². The van der Waals surface area contributed by atoms with Gasteiger partial charge < -0.3 is 15.8 Å². The predicted octanol–water partition coefficient (Wildman–Crippen LogP) is -0.101. The van der Waals surface area contributed by atoms with Gasteiger partial charge in [0.1, 0.15) is 11.5 Å². The Kier molecular flexibility index (Phi) is 6.59. The zero-order valence-electron chi connectivity index (χ0n) is 11.3. The Bertz CT molecular complexity index is 545. The lowest BCUT2D eigenvalue weighted by molar-refractivity contribution is -0.120. The Labute approximate surface area is 118 Å². The van der Waals surface area contributed by atoms with Crippen molar-refractivity contribution in [2.75, 3.05) is 31.6 Å². The van der Waals surface area contributed by atoms with Crippen LogP contribution in [0.5, 0.6) is 0 Å². The molecule has 8 heteroatoms. The lowest BCUT2D eigenvalue weighted by Crippen LogP contribution is -2.26. The summed E-state index contributed by atoms with van der Waals surface area (Å²) in [6.07, 6.45) is 0. The molecule has 112 valence electrons. The lowest BCUT2D eigenvalue weighted by Gasteiger charge is -2.11. The third-order valence-corrected chi connectivity index (χ3v) is 3.88. The summed E-state index contributed by atoms with van der Waals surface area (Å²) < 4.78 is 31.3. The summed E-state index contributed by atoms with van der Waals surface area (Å²) in [5, 5.41) is 2.51. The molecule has 0 saturated carbocycles. The first-order chi connectivity index (χ1) is 9.51. The zero-order chi connectivity index (χ0) is 15.0. The molecule has 0 heterocycles. The van der Waals surface area contributed by atoms with Crippen molar-refractivity contribution < 1.29 is 17.9 Å². The largest absolute Gasteiger partial charge is 0.370 e. The first kappa shape index (κ1) is 16.6. The van der Waals surface area contributed by atoms with Gasteiger partial charge in [0.05, 0.1) is 12.3 Å². The molecule has 0 bridgehead atoms. The summed E-state index contributed by atoms with van der Waals surface area (Å²) in [5.41, 5.74) is 5.45. The van der Waals surface area contributed by atoms with E-state index < -0.39 is 15.9 Å². The number of hydrogen-bond donors (Lipinski definition) is 3. The molecular formula is C12H19N3O4S. The molecule has 1 aromatic rings. The van der Waals surface area contributed by atoms with Crippen molar-refractivity contribution in [1.82, 2.24) is 4.72 Å². The summed E-state index contributed by atoms with van der Waals surface area (Å²) in [7, 11) is -3.64. The summed E-state index contributed by atoms with van der Waals surface area (Å²) in [5.74, 6) is -0.433. The molecule has 0 aromatic heterocycles. The molecular weight excluding hydrogens is 282 g/mol. The molecule has 0 atom stereocenters. The van der Waals surface area contributed by atoms with Crippen LogP contribution in [-0.2, 0) is 19.6 Å². The maximum atomic E-state index is 12.0. The van der Waals surface area contributed by atoms with Crippen LogP contribution in [0.4, 0.5) is 5.69 Å². The maximum Gasteiger partial charge on any atom is 0.250 e. The van der Waals surface area contributed by atoms with Crippen LogP contribution in [0.3, 0.4) is 0 Å². The van der Waals surface area contributed by atoms with Crippen LogP contribution in [0.1, 0.15) is 6.92 Å². The quantitative estimate of drug-likeness (QED) is 0.581. The first-order valence-corrected chi connectivity index (χ1v) is 7.66. The zero-order valence-corrected chi connectivity index (χ0v) is 12.1. The van der Waals surface area contributed by atoms with Crippen LogP contribution >= 0.6 is 0 Å². The number of para-hydroxylation sites is 1. The van der Waals surface area contributed by atoms with E-state index in [0.717, 1.165) is 0 Å². The smallest absolute Gasteiger partial charge is 0.250 e. The molecule has 0 aliphatic heterocycles. The van der Waals surface area contributed by atoms with Gasteiger partial charge in [0.15, 0.2) is 0 Å². The van der Waals surface area contributed by atoms with Crippen LogP contribution in [-0.4, -0.2) is 40.6 Å². The fraction of sp³-hybridized carbons (Fsp3) is 0.417. The van der Waals surface area contributed by atoms with Crippen LogP contribution in [0.25, 0.3) is 0 Å². The monoisotopic (exact) mass is 301 g/mol. The second-order valence-corrected chi connectivity index (χ2v) is 5.62. The first-order valence-electron chi connectivity index (χ1n) is 6.17. The number of hydrogen-bond acceptors (Lipinski definition) is 5. The Morgan fingerprint density at radius 1 is 1.35 bits per heavy atom. The van der Waals surface area contributed by atoms with Gasteiger partial charge in [-0.25, -0.2) is 13.1 Å². The molecule has 0 fully saturated rings. The van der Waals surface area contributed by atoms with Gasteiger partial charge >= 0.3 is 0 Å². The highest BCUT2D eigenvalue weighted by Gasteiger charge is 2.18. The van der Waals surface area contributed by atoms with E-state index in [2.05, 4.69) is 10.0 Å². The molecule has 0 spiro atoms. The van der Waals surface area contributed by atoms with Gasteiger partial charge in [-0.15, -0.1) is 0 Å². The van der Waals surface area contributed by atoms with Gasteiger partial charge in [0.25, 0.3) is 0 Å². The molecule has 0 unspecified atom stereocenters. The lowest BCUT2D eigenvalue weighted by atomic mass is 10.3. The molecule has 0 aliphatic carbocycles. The molecule has 4 N–H and O–H groups in total.